The quantitative estimate of drug-likeness (QED) is 0.114. The lowest BCUT2D eigenvalue weighted by Crippen LogP contribution is -2.01. The van der Waals surface area contributed by atoms with E-state index in [4.69, 9.17) is 0 Å². The summed E-state index contributed by atoms with van der Waals surface area (Å²) in [6.45, 7) is 17.7. The molecule has 15 rings (SSSR count). The van der Waals surface area contributed by atoms with E-state index >= 15 is 0 Å². The molecule has 0 N–H and O–H groups in total. The smallest absolute Gasteiger partial charge is 0.00141 e. The number of aryl methyl sites for hydroxylation is 5. The van der Waals surface area contributed by atoms with Crippen LogP contribution in [0.15, 0.2) is 352 Å². The summed E-state index contributed by atoms with van der Waals surface area (Å²) >= 11 is 0. The van der Waals surface area contributed by atoms with Crippen molar-refractivity contribution < 1.29 is 0 Å². The average Bonchev–Trinajstić information content (AvgIpc) is 0.726. The first kappa shape index (κ1) is 65.0. The molecule has 0 radical (unpaired) electrons. The van der Waals surface area contributed by atoms with Crippen LogP contribution in [0.4, 0.5) is 0 Å². The highest BCUT2D eigenvalue weighted by Crippen LogP contribution is 2.53. The molecule has 0 saturated carbocycles. The molecule has 0 aliphatic heterocycles. The molecule has 0 nitrogen and oxygen atoms in total. The predicted molar refractivity (Wildman–Crippen MR) is 422 cm³/mol. The van der Waals surface area contributed by atoms with Gasteiger partial charge in [-0.1, -0.05) is 345 Å². The molecule has 0 spiro atoms. The molecule has 0 heteroatoms. The predicted octanol–water partition coefficient (Wildman–Crippen LogP) is 27.5. The van der Waals surface area contributed by atoms with Gasteiger partial charge in [0, 0.05) is 0 Å². The molecule has 0 aromatic heterocycles. The lowest BCUT2D eigenvalue weighted by atomic mass is 9.76. The molecule has 0 saturated heterocycles. The highest BCUT2D eigenvalue weighted by molar-refractivity contribution is 6.09. The van der Waals surface area contributed by atoms with E-state index in [0.717, 1.165) is 0 Å². The Hall–Kier alpha value is -11.7. The summed E-state index contributed by atoms with van der Waals surface area (Å²) in [5.74, 6) is 0. The van der Waals surface area contributed by atoms with Crippen molar-refractivity contribution in [2.24, 2.45) is 0 Å². The highest BCUT2D eigenvalue weighted by Gasteiger charge is 2.27. The number of hydrogen-bond donors (Lipinski definition) is 0. The molecule has 0 amide bonds. The summed E-state index contributed by atoms with van der Waals surface area (Å²) in [4.78, 5) is 0. The Morgan fingerprint density at radius 1 is 0.122 bits per heavy atom. The van der Waals surface area contributed by atoms with Crippen LogP contribution in [0.3, 0.4) is 0 Å². The van der Waals surface area contributed by atoms with Gasteiger partial charge in [-0.25, -0.2) is 0 Å². The molecule has 0 bridgehead atoms. The lowest BCUT2D eigenvalue weighted by molar-refractivity contribution is 1.37. The molecule has 0 fully saturated rings. The van der Waals surface area contributed by atoms with Gasteiger partial charge < -0.3 is 0 Å². The van der Waals surface area contributed by atoms with Crippen molar-refractivity contribution in [2.75, 3.05) is 0 Å². The Morgan fingerprint density at radius 3 is 0.551 bits per heavy atom. The summed E-state index contributed by atoms with van der Waals surface area (Å²) in [5.41, 5.74) is 40.7. The number of rotatable bonds is 12. The highest BCUT2D eigenvalue weighted by atomic mass is 14.3. The first-order chi connectivity index (χ1) is 47.9. The monoisotopic (exact) mass is 1260 g/mol. The first-order valence-electron chi connectivity index (χ1n) is 34.2. The van der Waals surface area contributed by atoms with Gasteiger partial charge >= 0.3 is 0 Å². The zero-order chi connectivity index (χ0) is 67.5. The second kappa shape index (κ2) is 29.9. The van der Waals surface area contributed by atoms with E-state index < -0.39 is 0 Å². The Bertz CT molecular complexity index is 4970. The zero-order valence-corrected chi connectivity index (χ0v) is 57.5. The van der Waals surface area contributed by atoms with E-state index in [1.165, 1.54) is 178 Å². The van der Waals surface area contributed by atoms with Crippen molar-refractivity contribution in [1.82, 2.24) is 0 Å². The SMILES string of the molecule is Cc1c(-c2ccccc2)c(-c2ccccc2)c(-c2ccccc2)c(-c2ccccc2)c1-c1ccccc1.Cc1cc(-c2ccccc2)cc(-c2cccc(-c3cc(C)cc(-c4ccccc4)c3)c2C)c1.Cc1cc(C)cc(-c2cccc(-c3cc(C)cc(-c4ccccc4)c3)c2C)c1. The van der Waals surface area contributed by atoms with E-state index in [1.807, 2.05) is 0 Å². The third-order valence-electron chi connectivity index (χ3n) is 18.7. The van der Waals surface area contributed by atoms with Crippen LogP contribution in [0.5, 0.6) is 0 Å². The fourth-order valence-electron chi connectivity index (χ4n) is 14.3. The van der Waals surface area contributed by atoms with Crippen molar-refractivity contribution in [3.8, 4) is 134 Å². The fraction of sp³-hybridized carbons (Fsp3) is 0.0816. The third-order valence-corrected chi connectivity index (χ3v) is 18.7. The van der Waals surface area contributed by atoms with Crippen LogP contribution in [-0.4, -0.2) is 0 Å². The number of hydrogen-bond acceptors (Lipinski definition) is 0. The molecular formula is C98H82. The van der Waals surface area contributed by atoms with Crippen molar-refractivity contribution >= 4 is 0 Å². The Morgan fingerprint density at radius 2 is 0.306 bits per heavy atom. The first-order valence-corrected chi connectivity index (χ1v) is 34.2. The van der Waals surface area contributed by atoms with Crippen LogP contribution in [0, 0.1) is 55.4 Å². The van der Waals surface area contributed by atoms with E-state index in [9.17, 15) is 0 Å². The molecule has 0 atom stereocenters. The van der Waals surface area contributed by atoms with Crippen molar-refractivity contribution in [1.29, 1.82) is 0 Å². The largest absolute Gasteiger partial charge is 0.0622 e. The summed E-state index contributed by atoms with van der Waals surface area (Å²) in [7, 11) is 0. The minimum absolute atomic E-state index is 1.22. The molecule has 15 aromatic carbocycles. The summed E-state index contributed by atoms with van der Waals surface area (Å²) < 4.78 is 0. The minimum Gasteiger partial charge on any atom is -0.0622 e. The van der Waals surface area contributed by atoms with Gasteiger partial charge in [-0.05, 0) is 240 Å². The van der Waals surface area contributed by atoms with Crippen LogP contribution in [0.2, 0.25) is 0 Å². The van der Waals surface area contributed by atoms with Crippen molar-refractivity contribution in [3.63, 3.8) is 0 Å². The molecular weight excluding hydrogens is 1180 g/mol. The molecule has 0 heterocycles. The molecule has 15 aromatic rings. The van der Waals surface area contributed by atoms with Gasteiger partial charge in [-0.2, -0.15) is 0 Å². The molecule has 0 aliphatic rings. The van der Waals surface area contributed by atoms with Gasteiger partial charge in [-0.15, -0.1) is 0 Å². The third kappa shape index (κ3) is 14.6. The summed E-state index contributed by atoms with van der Waals surface area (Å²) in [6, 6.07) is 127. The second-order valence-corrected chi connectivity index (χ2v) is 26.0. The molecule has 474 valence electrons. The number of benzene rings is 15. The van der Waals surface area contributed by atoms with Crippen LogP contribution < -0.4 is 0 Å². The van der Waals surface area contributed by atoms with Crippen LogP contribution in [-0.2, 0) is 0 Å². The summed E-state index contributed by atoms with van der Waals surface area (Å²) in [5, 5.41) is 0. The normalized spacial score (nSPS) is 10.9. The van der Waals surface area contributed by atoms with Gasteiger partial charge in [0.05, 0.1) is 0 Å². The maximum absolute atomic E-state index is 2.32. The van der Waals surface area contributed by atoms with E-state index in [0.29, 0.717) is 0 Å². The van der Waals surface area contributed by atoms with Crippen LogP contribution >= 0.6 is 0 Å². The minimum atomic E-state index is 1.22. The van der Waals surface area contributed by atoms with Crippen LogP contribution in [0.25, 0.3) is 134 Å². The van der Waals surface area contributed by atoms with Crippen LogP contribution in [0.1, 0.15) is 44.5 Å². The Balaban J connectivity index is 0.000000134. The van der Waals surface area contributed by atoms with E-state index in [2.05, 4.69) is 407 Å². The second-order valence-electron chi connectivity index (χ2n) is 26.0. The summed E-state index contributed by atoms with van der Waals surface area (Å²) in [6.07, 6.45) is 0. The standard InChI is InChI=1S/C37H28.C33H28.C28H26/c1-27-33(28-17-7-2-8-18-28)35(30-21-11-4-12-22-30)37(32-25-15-6-16-26-32)36(31-23-13-5-14-24-31)34(27)29-19-9-3-10-20-29;1-23-17-28(26-11-6-4-7-12-26)21-30(19-23)32-15-10-16-33(25(32)3)31-20-24(2)18-29(22-31)27-13-8-5-9-14-27;1-19-13-20(2)16-25(15-19)27-11-8-12-28(22(27)4)26-17-21(3)14-24(18-26)23-9-6-5-7-10-23/h2-26H,1H3;4-22H,1-3H3;5-18H,1-4H3. The van der Waals surface area contributed by atoms with Gasteiger partial charge in [-0.3, -0.25) is 0 Å². The van der Waals surface area contributed by atoms with Gasteiger partial charge in [0.2, 0.25) is 0 Å². The Kier molecular flexibility index (Phi) is 19.9. The maximum Gasteiger partial charge on any atom is -0.00141 e. The fourth-order valence-corrected chi connectivity index (χ4v) is 14.3. The average molecular weight is 1260 g/mol. The van der Waals surface area contributed by atoms with Crippen molar-refractivity contribution in [2.45, 2.75) is 55.4 Å². The van der Waals surface area contributed by atoms with Gasteiger partial charge in [0.1, 0.15) is 0 Å². The van der Waals surface area contributed by atoms with Gasteiger partial charge in [0.25, 0.3) is 0 Å². The maximum atomic E-state index is 2.32. The zero-order valence-electron chi connectivity index (χ0n) is 57.5. The van der Waals surface area contributed by atoms with Crippen molar-refractivity contribution in [3.05, 3.63) is 396 Å². The molecule has 98 heavy (non-hydrogen) atoms. The molecule has 0 aliphatic carbocycles. The Labute approximate surface area is 581 Å². The van der Waals surface area contributed by atoms with E-state index in [-0.39, 0.29) is 0 Å². The molecule has 0 unspecified atom stereocenters. The van der Waals surface area contributed by atoms with E-state index in [1.54, 1.807) is 0 Å². The van der Waals surface area contributed by atoms with Gasteiger partial charge in [0.15, 0.2) is 0 Å². The topological polar surface area (TPSA) is 0 Å². The lowest BCUT2D eigenvalue weighted by Gasteiger charge is -2.27.